The molecule has 1 saturated heterocycles. The van der Waals surface area contributed by atoms with Gasteiger partial charge >= 0.3 is 7.12 Å². The average Bonchev–Trinajstić information content (AvgIpc) is 2.68. The second-order valence-electron chi connectivity index (χ2n) is 7.55. The summed E-state index contributed by atoms with van der Waals surface area (Å²) in [6.45, 7) is 10.8. The zero-order valence-electron chi connectivity index (χ0n) is 14.9. The highest BCUT2D eigenvalue weighted by molar-refractivity contribution is 6.47. The van der Waals surface area contributed by atoms with Gasteiger partial charge in [-0.15, -0.1) is 0 Å². The van der Waals surface area contributed by atoms with Gasteiger partial charge in [0.1, 0.15) is 0 Å². The molecule has 22 heavy (non-hydrogen) atoms. The molecule has 1 aliphatic heterocycles. The Balaban J connectivity index is 2.00. The van der Waals surface area contributed by atoms with Gasteiger partial charge in [0.2, 0.25) is 0 Å². The minimum atomic E-state index is -0.227. The number of aryl methyl sites for hydroxylation is 1. The fourth-order valence-electron chi connectivity index (χ4n) is 2.96. The van der Waals surface area contributed by atoms with Crippen LogP contribution < -0.4 is 0 Å². The van der Waals surface area contributed by atoms with Crippen LogP contribution in [0.4, 0.5) is 0 Å². The van der Waals surface area contributed by atoms with Gasteiger partial charge in [-0.3, -0.25) is 0 Å². The Hall–Kier alpha value is -0.795. The third-order valence-corrected chi connectivity index (χ3v) is 5.23. The van der Waals surface area contributed by atoms with Crippen LogP contribution in [-0.2, 0) is 15.7 Å². The van der Waals surface area contributed by atoms with Crippen molar-refractivity contribution in [1.82, 2.24) is 0 Å². The summed E-state index contributed by atoms with van der Waals surface area (Å²) in [5.41, 5.74) is 0.949. The number of benzene rings is 1. The van der Waals surface area contributed by atoms with E-state index in [0.717, 1.165) is 12.8 Å². The van der Waals surface area contributed by atoms with Crippen molar-refractivity contribution in [3.63, 3.8) is 0 Å². The van der Waals surface area contributed by atoms with Crippen LogP contribution in [0.1, 0.15) is 65.9 Å². The van der Waals surface area contributed by atoms with E-state index in [9.17, 15) is 0 Å². The van der Waals surface area contributed by atoms with Crippen LogP contribution in [-0.4, -0.2) is 18.3 Å². The van der Waals surface area contributed by atoms with Crippen molar-refractivity contribution in [3.8, 4) is 0 Å². The van der Waals surface area contributed by atoms with Crippen LogP contribution in [0.5, 0.6) is 0 Å². The fourth-order valence-corrected chi connectivity index (χ4v) is 2.96. The number of hydrogen-bond donors (Lipinski definition) is 0. The molecule has 0 N–H and O–H groups in total. The van der Waals surface area contributed by atoms with Gasteiger partial charge in [-0.1, -0.05) is 56.5 Å². The Labute approximate surface area is 136 Å². The monoisotopic (exact) mass is 302 g/mol. The molecular formula is C19H31BO2. The van der Waals surface area contributed by atoms with E-state index >= 15 is 0 Å². The number of rotatable bonds is 7. The molecule has 1 aromatic rings. The molecule has 0 spiro atoms. The maximum absolute atomic E-state index is 6.29. The zero-order valence-corrected chi connectivity index (χ0v) is 14.9. The van der Waals surface area contributed by atoms with Crippen molar-refractivity contribution in [2.45, 2.75) is 83.7 Å². The third-order valence-electron chi connectivity index (χ3n) is 5.23. The molecular weight excluding hydrogens is 271 g/mol. The molecule has 0 radical (unpaired) electrons. The summed E-state index contributed by atoms with van der Waals surface area (Å²) in [5, 5.41) is 0. The smallest absolute Gasteiger partial charge is 0.403 e. The molecule has 0 saturated carbocycles. The van der Waals surface area contributed by atoms with E-state index in [1.54, 1.807) is 0 Å². The normalized spacial score (nSPS) is 21.0. The number of unbranched alkanes of at least 4 members (excludes halogenated alkanes) is 1. The Morgan fingerprint density at radius 3 is 2.09 bits per heavy atom. The van der Waals surface area contributed by atoms with Gasteiger partial charge in [-0.2, -0.15) is 0 Å². The molecule has 0 amide bonds. The standard InChI is InChI=1S/C19H31BO2/c1-6-7-13-17(15-14-16-11-9-8-10-12-16)20-21-18(2,3)19(4,5)22-20/h8-12,17H,6-7,13-15H2,1-5H3/t17-/m1/s1. The number of hydrogen-bond acceptors (Lipinski definition) is 2. The molecule has 0 aromatic heterocycles. The van der Waals surface area contributed by atoms with Crippen LogP contribution in [0.3, 0.4) is 0 Å². The van der Waals surface area contributed by atoms with Crippen LogP contribution in [0.15, 0.2) is 30.3 Å². The molecule has 1 aromatic carbocycles. The van der Waals surface area contributed by atoms with Crippen molar-refractivity contribution < 1.29 is 9.31 Å². The largest absolute Gasteiger partial charge is 0.461 e. The predicted molar refractivity (Wildman–Crippen MR) is 94.1 cm³/mol. The van der Waals surface area contributed by atoms with Crippen LogP contribution >= 0.6 is 0 Å². The Kier molecular flexibility index (Phi) is 5.73. The summed E-state index contributed by atoms with van der Waals surface area (Å²) >= 11 is 0. The Morgan fingerprint density at radius 1 is 0.955 bits per heavy atom. The first-order valence-electron chi connectivity index (χ1n) is 8.75. The molecule has 2 nitrogen and oxygen atoms in total. The van der Waals surface area contributed by atoms with E-state index in [4.69, 9.17) is 9.31 Å². The van der Waals surface area contributed by atoms with Crippen LogP contribution in [0, 0.1) is 0 Å². The topological polar surface area (TPSA) is 18.5 Å². The first-order valence-corrected chi connectivity index (χ1v) is 8.75. The fraction of sp³-hybridized carbons (Fsp3) is 0.684. The first kappa shape index (κ1) is 17.6. The lowest BCUT2D eigenvalue weighted by Gasteiger charge is -2.32. The van der Waals surface area contributed by atoms with Gasteiger partial charge in [-0.25, -0.2) is 0 Å². The zero-order chi connectivity index (χ0) is 16.2. The molecule has 1 heterocycles. The van der Waals surface area contributed by atoms with Gasteiger partial charge < -0.3 is 9.31 Å². The molecule has 122 valence electrons. The highest BCUT2D eigenvalue weighted by Crippen LogP contribution is 2.42. The first-order chi connectivity index (χ1) is 10.4. The van der Waals surface area contributed by atoms with Crippen molar-refractivity contribution in [2.24, 2.45) is 0 Å². The van der Waals surface area contributed by atoms with Gasteiger partial charge in [0.25, 0.3) is 0 Å². The minimum absolute atomic E-state index is 0.0692. The summed E-state index contributed by atoms with van der Waals surface area (Å²) in [6, 6.07) is 10.7. The SMILES string of the molecule is CCCC[C@H](CCc1ccccc1)B1OC(C)(C)C(C)(C)O1. The molecule has 0 aliphatic carbocycles. The predicted octanol–water partition coefficient (Wildman–Crippen LogP) is 5.27. The van der Waals surface area contributed by atoms with Gasteiger partial charge in [0.15, 0.2) is 0 Å². The van der Waals surface area contributed by atoms with E-state index < -0.39 is 0 Å². The van der Waals surface area contributed by atoms with Crippen molar-refractivity contribution in [3.05, 3.63) is 35.9 Å². The summed E-state index contributed by atoms with van der Waals surface area (Å²) in [6.07, 6.45) is 5.87. The Morgan fingerprint density at radius 2 is 1.55 bits per heavy atom. The molecule has 2 rings (SSSR count). The van der Waals surface area contributed by atoms with E-state index in [2.05, 4.69) is 65.0 Å². The summed E-state index contributed by atoms with van der Waals surface area (Å²) in [5.74, 6) is 0.473. The van der Waals surface area contributed by atoms with Crippen LogP contribution in [0.2, 0.25) is 5.82 Å². The highest BCUT2D eigenvalue weighted by Gasteiger charge is 2.53. The van der Waals surface area contributed by atoms with E-state index in [0.29, 0.717) is 5.82 Å². The second-order valence-corrected chi connectivity index (χ2v) is 7.55. The third kappa shape index (κ3) is 4.14. The molecule has 1 fully saturated rings. The highest BCUT2D eigenvalue weighted by atomic mass is 16.7. The quantitative estimate of drug-likeness (QED) is 0.639. The Bertz CT molecular complexity index is 440. The minimum Gasteiger partial charge on any atom is -0.403 e. The van der Waals surface area contributed by atoms with Crippen molar-refractivity contribution in [1.29, 1.82) is 0 Å². The molecule has 1 aliphatic rings. The second kappa shape index (κ2) is 7.19. The van der Waals surface area contributed by atoms with Crippen molar-refractivity contribution in [2.75, 3.05) is 0 Å². The lowest BCUT2D eigenvalue weighted by molar-refractivity contribution is 0.00578. The lowest BCUT2D eigenvalue weighted by Crippen LogP contribution is -2.41. The maximum atomic E-state index is 6.29. The van der Waals surface area contributed by atoms with E-state index in [1.165, 1.54) is 24.8 Å². The van der Waals surface area contributed by atoms with Gasteiger partial charge in [0.05, 0.1) is 11.2 Å². The van der Waals surface area contributed by atoms with Crippen molar-refractivity contribution >= 4 is 7.12 Å². The average molecular weight is 302 g/mol. The van der Waals surface area contributed by atoms with E-state index in [-0.39, 0.29) is 18.3 Å². The van der Waals surface area contributed by atoms with Gasteiger partial charge in [0, 0.05) is 0 Å². The van der Waals surface area contributed by atoms with Gasteiger partial charge in [-0.05, 0) is 51.9 Å². The molecule has 1 atom stereocenters. The molecule has 3 heteroatoms. The summed E-state index contributed by atoms with van der Waals surface area (Å²) in [7, 11) is -0.0692. The maximum Gasteiger partial charge on any atom is 0.461 e. The van der Waals surface area contributed by atoms with E-state index in [1.807, 2.05) is 0 Å². The lowest BCUT2D eigenvalue weighted by atomic mass is 9.66. The molecule has 0 unspecified atom stereocenters. The summed E-state index contributed by atoms with van der Waals surface area (Å²) < 4.78 is 12.6. The molecule has 0 bridgehead atoms. The van der Waals surface area contributed by atoms with Crippen LogP contribution in [0.25, 0.3) is 0 Å². The summed E-state index contributed by atoms with van der Waals surface area (Å²) in [4.78, 5) is 0.